The van der Waals surface area contributed by atoms with E-state index in [-0.39, 0.29) is 18.4 Å². The maximum Gasteiger partial charge on any atom is 0.224 e. The number of hydrogen-bond donors (Lipinski definition) is 1. The number of aryl methyl sites for hydroxylation is 1. The highest BCUT2D eigenvalue weighted by Crippen LogP contribution is 2.29. The van der Waals surface area contributed by atoms with Crippen LogP contribution in [-0.2, 0) is 17.8 Å². The Balaban J connectivity index is 1.47. The van der Waals surface area contributed by atoms with E-state index in [1.54, 1.807) is 14.2 Å². The van der Waals surface area contributed by atoms with Crippen LogP contribution in [0, 0.1) is 5.92 Å². The number of imidazole rings is 1. The van der Waals surface area contributed by atoms with Gasteiger partial charge in [-0.2, -0.15) is 0 Å². The summed E-state index contributed by atoms with van der Waals surface area (Å²) >= 11 is 0. The molecule has 6 nitrogen and oxygen atoms in total. The summed E-state index contributed by atoms with van der Waals surface area (Å²) in [5.74, 6) is 2.96. The van der Waals surface area contributed by atoms with Crippen molar-refractivity contribution in [3.63, 3.8) is 0 Å². The molecule has 1 atom stereocenters. The molecular weight excluding hydrogens is 414 g/mol. The molecule has 1 fully saturated rings. The summed E-state index contributed by atoms with van der Waals surface area (Å²) in [5.41, 5.74) is 3.00. The average molecular weight is 450 g/mol. The van der Waals surface area contributed by atoms with E-state index >= 15 is 0 Å². The van der Waals surface area contributed by atoms with E-state index in [0.29, 0.717) is 11.5 Å². The van der Waals surface area contributed by atoms with Gasteiger partial charge in [0.15, 0.2) is 11.5 Å². The Morgan fingerprint density at radius 1 is 1.09 bits per heavy atom. The van der Waals surface area contributed by atoms with Crippen LogP contribution in [-0.4, -0.2) is 29.7 Å². The zero-order valence-electron chi connectivity index (χ0n) is 20.0. The fraction of sp³-hybridized carbons (Fsp3) is 0.481. The van der Waals surface area contributed by atoms with Gasteiger partial charge in [0.25, 0.3) is 0 Å². The zero-order valence-corrected chi connectivity index (χ0v) is 20.0. The van der Waals surface area contributed by atoms with Crippen LogP contribution in [0.25, 0.3) is 11.0 Å². The first kappa shape index (κ1) is 23.1. The molecule has 1 aliphatic rings. The zero-order chi connectivity index (χ0) is 23.2. The van der Waals surface area contributed by atoms with Crippen molar-refractivity contribution in [3.8, 4) is 11.5 Å². The minimum Gasteiger partial charge on any atom is -0.493 e. The van der Waals surface area contributed by atoms with Crippen molar-refractivity contribution in [2.75, 3.05) is 14.2 Å². The maximum atomic E-state index is 12.9. The molecule has 1 aromatic heterocycles. The standard InChI is InChI=1S/C27H35N3O3/c1-19(28-26(31)18-21-13-14-24(32-2)25(17-21)33-3)27-29-22-11-7-8-12-23(22)30(27)16-15-20-9-5-4-6-10-20/h7-8,11-14,17,19-20H,4-6,9-10,15-16,18H2,1-3H3,(H,28,31). The molecule has 1 heterocycles. The van der Waals surface area contributed by atoms with E-state index in [4.69, 9.17) is 14.5 Å². The summed E-state index contributed by atoms with van der Waals surface area (Å²) in [6.45, 7) is 2.96. The van der Waals surface area contributed by atoms with Gasteiger partial charge in [0.2, 0.25) is 5.91 Å². The Morgan fingerprint density at radius 3 is 2.61 bits per heavy atom. The molecule has 176 valence electrons. The van der Waals surface area contributed by atoms with Crippen molar-refractivity contribution >= 4 is 16.9 Å². The molecule has 1 saturated carbocycles. The summed E-state index contributed by atoms with van der Waals surface area (Å²) in [5, 5.41) is 3.16. The fourth-order valence-electron chi connectivity index (χ4n) is 4.98. The fourth-order valence-corrected chi connectivity index (χ4v) is 4.98. The Labute approximate surface area is 196 Å². The van der Waals surface area contributed by atoms with Crippen LogP contribution < -0.4 is 14.8 Å². The number of ether oxygens (including phenoxy) is 2. The molecule has 0 spiro atoms. The number of rotatable bonds is 9. The number of carbonyl (C=O) groups is 1. The summed E-state index contributed by atoms with van der Waals surface area (Å²) in [6, 6.07) is 13.6. The van der Waals surface area contributed by atoms with E-state index in [0.717, 1.165) is 34.9 Å². The average Bonchev–Trinajstić information content (AvgIpc) is 3.22. The van der Waals surface area contributed by atoms with E-state index < -0.39 is 0 Å². The first-order valence-electron chi connectivity index (χ1n) is 12.0. The molecule has 3 aromatic rings. The summed E-state index contributed by atoms with van der Waals surface area (Å²) < 4.78 is 13.0. The van der Waals surface area contributed by atoms with E-state index in [1.165, 1.54) is 38.5 Å². The van der Waals surface area contributed by atoms with Crippen LogP contribution in [0.3, 0.4) is 0 Å². The lowest BCUT2D eigenvalue weighted by Crippen LogP contribution is -2.30. The van der Waals surface area contributed by atoms with Gasteiger partial charge in [-0.15, -0.1) is 0 Å². The molecule has 6 heteroatoms. The lowest BCUT2D eigenvalue weighted by atomic mass is 9.87. The third-order valence-electron chi connectivity index (χ3n) is 6.75. The van der Waals surface area contributed by atoms with Crippen molar-refractivity contribution in [2.24, 2.45) is 5.92 Å². The van der Waals surface area contributed by atoms with Gasteiger partial charge in [0, 0.05) is 6.54 Å². The van der Waals surface area contributed by atoms with Crippen molar-refractivity contribution in [2.45, 2.75) is 64.5 Å². The van der Waals surface area contributed by atoms with Gasteiger partial charge >= 0.3 is 0 Å². The number of nitrogens with one attached hydrogen (secondary N) is 1. The number of hydrogen-bond acceptors (Lipinski definition) is 4. The van der Waals surface area contributed by atoms with E-state index in [1.807, 2.05) is 37.3 Å². The predicted octanol–water partition coefficient (Wildman–Crippen LogP) is 5.44. The van der Waals surface area contributed by atoms with Crippen molar-refractivity contribution in [1.29, 1.82) is 0 Å². The van der Waals surface area contributed by atoms with Gasteiger partial charge in [0.1, 0.15) is 5.82 Å². The van der Waals surface area contributed by atoms with E-state index in [9.17, 15) is 4.79 Å². The van der Waals surface area contributed by atoms with Crippen LogP contribution >= 0.6 is 0 Å². The number of benzene rings is 2. The molecule has 1 unspecified atom stereocenters. The van der Waals surface area contributed by atoms with Gasteiger partial charge in [-0.25, -0.2) is 4.98 Å². The molecule has 0 saturated heterocycles. The first-order valence-corrected chi connectivity index (χ1v) is 12.0. The lowest BCUT2D eigenvalue weighted by molar-refractivity contribution is -0.121. The highest BCUT2D eigenvalue weighted by Gasteiger charge is 2.20. The van der Waals surface area contributed by atoms with Gasteiger partial charge in [0.05, 0.1) is 37.7 Å². The summed E-state index contributed by atoms with van der Waals surface area (Å²) in [4.78, 5) is 17.8. The van der Waals surface area contributed by atoms with Crippen LogP contribution in [0.15, 0.2) is 42.5 Å². The minimum atomic E-state index is -0.184. The normalized spacial score (nSPS) is 15.4. The second-order valence-corrected chi connectivity index (χ2v) is 9.06. The number of aromatic nitrogens is 2. The predicted molar refractivity (Wildman–Crippen MR) is 131 cm³/mol. The smallest absolute Gasteiger partial charge is 0.224 e. The number of fused-ring (bicyclic) bond motifs is 1. The second-order valence-electron chi connectivity index (χ2n) is 9.06. The molecule has 1 amide bonds. The molecule has 4 rings (SSSR count). The van der Waals surface area contributed by atoms with Gasteiger partial charge in [-0.1, -0.05) is 50.3 Å². The Kier molecular flexibility index (Phi) is 7.53. The number of para-hydroxylation sites is 2. The number of amides is 1. The van der Waals surface area contributed by atoms with E-state index in [2.05, 4.69) is 22.0 Å². The molecule has 33 heavy (non-hydrogen) atoms. The quantitative estimate of drug-likeness (QED) is 0.472. The van der Waals surface area contributed by atoms with Crippen molar-refractivity contribution in [3.05, 3.63) is 53.9 Å². The Bertz CT molecular complexity index is 1090. The number of methoxy groups -OCH3 is 2. The maximum absolute atomic E-state index is 12.9. The first-order chi connectivity index (χ1) is 16.1. The highest BCUT2D eigenvalue weighted by atomic mass is 16.5. The minimum absolute atomic E-state index is 0.0411. The number of nitrogens with zero attached hydrogens (tertiary/aromatic N) is 2. The highest BCUT2D eigenvalue weighted by molar-refractivity contribution is 5.80. The molecule has 0 aliphatic heterocycles. The SMILES string of the molecule is COc1ccc(CC(=O)NC(C)c2nc3ccccc3n2CCC2CCCCC2)cc1OC. The topological polar surface area (TPSA) is 65.4 Å². The molecule has 1 N–H and O–H groups in total. The van der Waals surface area contributed by atoms with Crippen molar-refractivity contribution < 1.29 is 14.3 Å². The van der Waals surface area contributed by atoms with Crippen LogP contribution in [0.4, 0.5) is 0 Å². The van der Waals surface area contributed by atoms with Crippen LogP contribution in [0.5, 0.6) is 11.5 Å². The monoisotopic (exact) mass is 449 g/mol. The molecule has 1 aliphatic carbocycles. The van der Waals surface area contributed by atoms with Crippen molar-refractivity contribution in [1.82, 2.24) is 14.9 Å². The molecule has 2 aromatic carbocycles. The van der Waals surface area contributed by atoms with Crippen LogP contribution in [0.1, 0.15) is 62.9 Å². The van der Waals surface area contributed by atoms with Gasteiger partial charge < -0.3 is 19.4 Å². The lowest BCUT2D eigenvalue weighted by Gasteiger charge is -2.23. The summed E-state index contributed by atoms with van der Waals surface area (Å²) in [6.07, 6.45) is 8.18. The number of carbonyl (C=O) groups excluding carboxylic acids is 1. The van der Waals surface area contributed by atoms with Gasteiger partial charge in [-0.05, 0) is 49.1 Å². The third kappa shape index (κ3) is 5.49. The van der Waals surface area contributed by atoms with Crippen LogP contribution in [0.2, 0.25) is 0 Å². The van der Waals surface area contributed by atoms with Gasteiger partial charge in [-0.3, -0.25) is 4.79 Å². The third-order valence-corrected chi connectivity index (χ3v) is 6.75. The Morgan fingerprint density at radius 2 is 1.85 bits per heavy atom. The molecule has 0 radical (unpaired) electrons. The molecular formula is C27H35N3O3. The summed E-state index contributed by atoms with van der Waals surface area (Å²) in [7, 11) is 3.20. The Hall–Kier alpha value is -3.02. The molecule has 0 bridgehead atoms. The second kappa shape index (κ2) is 10.7. The largest absolute Gasteiger partial charge is 0.493 e.